The van der Waals surface area contributed by atoms with Crippen LogP contribution in [0.25, 0.3) is 17.0 Å². The Kier molecular flexibility index (Phi) is 2.95. The summed E-state index contributed by atoms with van der Waals surface area (Å²) in [5.41, 5.74) is 4.90. The molecule has 0 atom stereocenters. The Morgan fingerprint density at radius 3 is 3.13 bits per heavy atom. The number of aromatic nitrogens is 2. The van der Waals surface area contributed by atoms with E-state index in [1.54, 1.807) is 35.7 Å². The molecule has 1 aromatic heterocycles. The molecule has 8 nitrogen and oxygen atoms in total. The van der Waals surface area contributed by atoms with Gasteiger partial charge in [-0.15, -0.1) is 0 Å². The van der Waals surface area contributed by atoms with E-state index in [-0.39, 0.29) is 5.56 Å². The number of nitrogens with zero attached hydrogens (tertiary/aromatic N) is 3. The minimum atomic E-state index is -1.01. The highest BCUT2D eigenvalue weighted by atomic mass is 16.8. The van der Waals surface area contributed by atoms with E-state index < -0.39 is 5.97 Å². The van der Waals surface area contributed by atoms with Gasteiger partial charge in [0.1, 0.15) is 0 Å². The Morgan fingerprint density at radius 1 is 1.35 bits per heavy atom. The van der Waals surface area contributed by atoms with Crippen molar-refractivity contribution >= 4 is 11.5 Å². The van der Waals surface area contributed by atoms with E-state index in [0.717, 1.165) is 11.3 Å². The summed E-state index contributed by atoms with van der Waals surface area (Å²) in [7, 11) is 0. The summed E-state index contributed by atoms with van der Waals surface area (Å²) < 4.78 is 5.27. The van der Waals surface area contributed by atoms with Crippen LogP contribution in [-0.2, 0) is 4.94 Å². The molecule has 0 aliphatic carbocycles. The van der Waals surface area contributed by atoms with E-state index in [1.165, 1.54) is 12.1 Å². The molecule has 23 heavy (non-hydrogen) atoms. The maximum atomic E-state index is 11.0. The Morgan fingerprint density at radius 2 is 2.26 bits per heavy atom. The quantitative estimate of drug-likeness (QED) is 0.887. The van der Waals surface area contributed by atoms with Crippen LogP contribution in [0.1, 0.15) is 16.2 Å². The number of carbonyl (C=O) groups is 1. The maximum absolute atomic E-state index is 11.0. The lowest BCUT2D eigenvalue weighted by atomic mass is 10.1. The lowest BCUT2D eigenvalue weighted by molar-refractivity contribution is -0.112. The van der Waals surface area contributed by atoms with Gasteiger partial charge in [-0.1, -0.05) is 17.3 Å². The third-order valence-corrected chi connectivity index (χ3v) is 3.35. The van der Waals surface area contributed by atoms with E-state index >= 15 is 0 Å². The number of benzene rings is 1. The summed E-state index contributed by atoms with van der Waals surface area (Å²) in [5, 5.41) is 14.5. The largest absolute Gasteiger partial charge is 0.478 e. The van der Waals surface area contributed by atoms with Gasteiger partial charge < -0.3 is 9.63 Å². The molecule has 0 spiro atoms. The molecule has 2 N–H and O–H groups in total. The van der Waals surface area contributed by atoms with Crippen LogP contribution in [0.15, 0.2) is 59.0 Å². The van der Waals surface area contributed by atoms with Gasteiger partial charge in [0.15, 0.2) is 0 Å². The predicted octanol–water partition coefficient (Wildman–Crippen LogP) is 1.94. The van der Waals surface area contributed by atoms with Gasteiger partial charge in [0.05, 0.1) is 17.5 Å². The van der Waals surface area contributed by atoms with Gasteiger partial charge >= 0.3 is 5.97 Å². The molecule has 2 aromatic rings. The number of rotatable bonds is 3. The molecule has 0 bridgehead atoms. The molecule has 8 heteroatoms. The normalized spacial score (nSPS) is 15.7. The molecular formula is C15H10N4O4. The van der Waals surface area contributed by atoms with Crippen LogP contribution < -0.4 is 5.48 Å². The first-order valence-corrected chi connectivity index (χ1v) is 6.70. The van der Waals surface area contributed by atoms with Crippen molar-refractivity contribution in [2.45, 2.75) is 0 Å². The van der Waals surface area contributed by atoms with Gasteiger partial charge in [0.2, 0.25) is 5.82 Å². The Labute approximate surface area is 129 Å². The molecule has 0 amide bonds. The minimum Gasteiger partial charge on any atom is -0.478 e. The zero-order valence-electron chi connectivity index (χ0n) is 11.6. The first-order valence-electron chi connectivity index (χ1n) is 6.70. The second-order valence-corrected chi connectivity index (χ2v) is 4.83. The standard InChI is InChI=1S/C15H10N4O4/c20-15(21)11-3-1-2-9(6-11)13-17-14(22-18-13)10-4-5-19-12(7-10)8-16-23-19/h1-8,16H,(H,20,21). The first-order chi connectivity index (χ1) is 11.2. The Balaban J connectivity index is 1.66. The van der Waals surface area contributed by atoms with E-state index in [9.17, 15) is 4.79 Å². The third-order valence-electron chi connectivity index (χ3n) is 3.35. The number of carboxylic acids is 1. The zero-order chi connectivity index (χ0) is 15.8. The fourth-order valence-corrected chi connectivity index (χ4v) is 2.22. The summed E-state index contributed by atoms with van der Waals surface area (Å²) >= 11 is 0. The van der Waals surface area contributed by atoms with Gasteiger partial charge in [-0.2, -0.15) is 9.92 Å². The second kappa shape index (κ2) is 5.11. The molecule has 4 rings (SSSR count). The van der Waals surface area contributed by atoms with Crippen LogP contribution in [0.3, 0.4) is 0 Å². The second-order valence-electron chi connectivity index (χ2n) is 4.83. The lowest BCUT2D eigenvalue weighted by Crippen LogP contribution is -2.15. The molecule has 2 aliphatic rings. The van der Waals surface area contributed by atoms with E-state index in [2.05, 4.69) is 15.6 Å². The minimum absolute atomic E-state index is 0.167. The highest BCUT2D eigenvalue weighted by Gasteiger charge is 2.20. The van der Waals surface area contributed by atoms with Crippen LogP contribution in [0.5, 0.6) is 0 Å². The number of fused-ring (bicyclic) bond motifs is 1. The summed E-state index contributed by atoms with van der Waals surface area (Å²) in [5.74, 6) is -0.340. The molecule has 0 radical (unpaired) electrons. The highest BCUT2D eigenvalue weighted by molar-refractivity contribution is 5.89. The summed E-state index contributed by atoms with van der Waals surface area (Å²) in [6.45, 7) is 0. The van der Waals surface area contributed by atoms with Gasteiger partial charge in [-0.25, -0.2) is 15.3 Å². The topological polar surface area (TPSA) is 101 Å². The maximum Gasteiger partial charge on any atom is 0.335 e. The zero-order valence-corrected chi connectivity index (χ0v) is 11.6. The van der Waals surface area contributed by atoms with Crippen LogP contribution in [0, 0.1) is 0 Å². The molecular weight excluding hydrogens is 300 g/mol. The third kappa shape index (κ3) is 2.36. The number of nitrogens with one attached hydrogen (secondary N) is 1. The average Bonchev–Trinajstić information content (AvgIpc) is 3.23. The van der Waals surface area contributed by atoms with Gasteiger partial charge in [-0.3, -0.25) is 0 Å². The molecule has 0 unspecified atom stereocenters. The van der Waals surface area contributed by atoms with E-state index in [0.29, 0.717) is 17.3 Å². The van der Waals surface area contributed by atoms with Crippen molar-refractivity contribution < 1.29 is 19.4 Å². The number of hydrogen-bond donors (Lipinski definition) is 2. The number of carboxylic acid groups (broad SMARTS) is 1. The van der Waals surface area contributed by atoms with Crippen LogP contribution in [0.2, 0.25) is 0 Å². The van der Waals surface area contributed by atoms with Crippen molar-refractivity contribution in [2.24, 2.45) is 0 Å². The summed E-state index contributed by atoms with van der Waals surface area (Å²) in [6.07, 6.45) is 7.01. The highest BCUT2D eigenvalue weighted by Crippen LogP contribution is 2.27. The monoisotopic (exact) mass is 310 g/mol. The van der Waals surface area contributed by atoms with Crippen LogP contribution in [0.4, 0.5) is 0 Å². The smallest absolute Gasteiger partial charge is 0.335 e. The predicted molar refractivity (Wildman–Crippen MR) is 78.0 cm³/mol. The van der Waals surface area contributed by atoms with Crippen molar-refractivity contribution in [3.8, 4) is 11.4 Å². The average molecular weight is 310 g/mol. The summed E-state index contributed by atoms with van der Waals surface area (Å²) in [6, 6.07) is 6.37. The number of allylic oxidation sites excluding steroid dienone is 3. The summed E-state index contributed by atoms with van der Waals surface area (Å²) in [4.78, 5) is 20.4. The van der Waals surface area contributed by atoms with Crippen LogP contribution >= 0.6 is 0 Å². The van der Waals surface area contributed by atoms with Gasteiger partial charge in [0, 0.05) is 17.3 Å². The molecule has 0 saturated heterocycles. The molecule has 0 saturated carbocycles. The van der Waals surface area contributed by atoms with Crippen LogP contribution in [-0.4, -0.2) is 26.3 Å². The van der Waals surface area contributed by atoms with Gasteiger partial charge in [0.25, 0.3) is 5.89 Å². The lowest BCUT2D eigenvalue weighted by Gasteiger charge is -2.15. The van der Waals surface area contributed by atoms with E-state index in [4.69, 9.17) is 14.6 Å². The molecule has 0 fully saturated rings. The number of hydroxylamine groups is 3. The van der Waals surface area contributed by atoms with Crippen molar-refractivity contribution in [3.05, 3.63) is 66.0 Å². The first kappa shape index (κ1) is 13.3. The molecule has 114 valence electrons. The number of hydrogen-bond acceptors (Lipinski definition) is 7. The molecule has 1 aromatic carbocycles. The fraction of sp³-hybridized carbons (Fsp3) is 0. The van der Waals surface area contributed by atoms with Gasteiger partial charge in [-0.05, 0) is 24.3 Å². The number of aromatic carboxylic acids is 1. The van der Waals surface area contributed by atoms with E-state index in [1.807, 2.05) is 6.08 Å². The van der Waals surface area contributed by atoms with Crippen molar-refractivity contribution in [1.29, 1.82) is 0 Å². The van der Waals surface area contributed by atoms with Crippen molar-refractivity contribution in [3.63, 3.8) is 0 Å². The SMILES string of the molecule is O=C(O)c1cccc(-c2noc(C3=CC4=CNON4C=C3)n2)c1. The Bertz CT molecular complexity index is 881. The fourth-order valence-electron chi connectivity index (χ4n) is 2.22. The Hall–Kier alpha value is -3.39. The van der Waals surface area contributed by atoms with Crippen molar-refractivity contribution in [1.82, 2.24) is 20.7 Å². The van der Waals surface area contributed by atoms with Crippen molar-refractivity contribution in [2.75, 3.05) is 0 Å². The molecule has 3 heterocycles. The molecule has 2 aliphatic heterocycles.